The van der Waals surface area contributed by atoms with E-state index in [0.29, 0.717) is 12.5 Å². The second-order valence-electron chi connectivity index (χ2n) is 3.98. The standard InChI is InChI=1S/C10H17NO3/c1-2-13-10(12)14-9-7-11-5-3-8(9)4-6-11/h8-9H,2-7H2,1H3/t9-/m1/s1. The van der Waals surface area contributed by atoms with E-state index in [1.165, 1.54) is 0 Å². The number of piperidine rings is 3. The Morgan fingerprint density at radius 3 is 2.64 bits per heavy atom. The largest absolute Gasteiger partial charge is 0.508 e. The third-order valence-corrected chi connectivity index (χ3v) is 3.11. The van der Waals surface area contributed by atoms with Gasteiger partial charge < -0.3 is 9.47 Å². The maximum Gasteiger partial charge on any atom is 0.508 e. The molecule has 0 aromatic carbocycles. The van der Waals surface area contributed by atoms with Crippen molar-refractivity contribution in [3.8, 4) is 0 Å². The van der Waals surface area contributed by atoms with Gasteiger partial charge in [-0.1, -0.05) is 0 Å². The average molecular weight is 199 g/mol. The Balaban J connectivity index is 1.83. The van der Waals surface area contributed by atoms with Crippen LogP contribution in [0, 0.1) is 5.92 Å². The van der Waals surface area contributed by atoms with E-state index in [4.69, 9.17) is 9.47 Å². The van der Waals surface area contributed by atoms with Crippen LogP contribution in [0.5, 0.6) is 0 Å². The SMILES string of the molecule is CCOC(=O)O[C@@H]1CN2CCC1CC2. The molecule has 4 heteroatoms. The lowest BCUT2D eigenvalue weighted by Gasteiger charge is -2.43. The normalized spacial score (nSPS) is 35.4. The van der Waals surface area contributed by atoms with E-state index in [9.17, 15) is 4.79 Å². The number of carbonyl (C=O) groups is 1. The van der Waals surface area contributed by atoms with Gasteiger partial charge in [0.25, 0.3) is 0 Å². The van der Waals surface area contributed by atoms with Crippen molar-refractivity contribution >= 4 is 6.16 Å². The van der Waals surface area contributed by atoms with Crippen molar-refractivity contribution in [3.63, 3.8) is 0 Å². The van der Waals surface area contributed by atoms with Crippen LogP contribution in [0.1, 0.15) is 19.8 Å². The first-order valence-electron chi connectivity index (χ1n) is 5.35. The zero-order valence-electron chi connectivity index (χ0n) is 8.57. The first-order chi connectivity index (χ1) is 6.79. The molecule has 3 aliphatic rings. The molecule has 3 aliphatic heterocycles. The molecule has 0 N–H and O–H groups in total. The molecule has 4 nitrogen and oxygen atoms in total. The quantitative estimate of drug-likeness (QED) is 0.627. The summed E-state index contributed by atoms with van der Waals surface area (Å²) in [6, 6.07) is 0. The van der Waals surface area contributed by atoms with Gasteiger partial charge in [-0.3, -0.25) is 4.90 Å². The van der Waals surface area contributed by atoms with Crippen LogP contribution in [0.3, 0.4) is 0 Å². The van der Waals surface area contributed by atoms with Crippen molar-refractivity contribution in [1.82, 2.24) is 4.90 Å². The van der Waals surface area contributed by atoms with Crippen molar-refractivity contribution in [2.45, 2.75) is 25.9 Å². The minimum absolute atomic E-state index is 0.0662. The monoisotopic (exact) mass is 199 g/mol. The summed E-state index contributed by atoms with van der Waals surface area (Å²) in [7, 11) is 0. The zero-order valence-corrected chi connectivity index (χ0v) is 8.57. The first-order valence-corrected chi connectivity index (χ1v) is 5.35. The van der Waals surface area contributed by atoms with Gasteiger partial charge in [-0.15, -0.1) is 0 Å². The lowest BCUT2D eigenvalue weighted by atomic mass is 9.86. The summed E-state index contributed by atoms with van der Waals surface area (Å²) in [6.45, 7) is 5.39. The van der Waals surface area contributed by atoms with E-state index < -0.39 is 6.16 Å². The number of fused-ring (bicyclic) bond motifs is 3. The highest BCUT2D eigenvalue weighted by atomic mass is 16.7. The summed E-state index contributed by atoms with van der Waals surface area (Å²) in [5.74, 6) is 0.560. The minimum atomic E-state index is -0.508. The molecule has 3 heterocycles. The Morgan fingerprint density at radius 1 is 1.43 bits per heavy atom. The van der Waals surface area contributed by atoms with Gasteiger partial charge in [0, 0.05) is 6.54 Å². The van der Waals surface area contributed by atoms with E-state index in [1.54, 1.807) is 6.92 Å². The molecule has 3 rings (SSSR count). The molecule has 3 saturated heterocycles. The fourth-order valence-electron chi connectivity index (χ4n) is 2.32. The summed E-state index contributed by atoms with van der Waals surface area (Å²) >= 11 is 0. The Bertz CT molecular complexity index is 211. The molecule has 0 aromatic rings. The van der Waals surface area contributed by atoms with Crippen LogP contribution in [-0.4, -0.2) is 43.4 Å². The van der Waals surface area contributed by atoms with Gasteiger partial charge in [0.05, 0.1) is 6.61 Å². The molecule has 0 radical (unpaired) electrons. The van der Waals surface area contributed by atoms with Gasteiger partial charge in [0.1, 0.15) is 6.10 Å². The molecule has 3 fully saturated rings. The number of carbonyl (C=O) groups excluding carboxylic acids is 1. The predicted molar refractivity (Wildman–Crippen MR) is 51.1 cm³/mol. The Hall–Kier alpha value is -0.770. The van der Waals surface area contributed by atoms with Gasteiger partial charge in [0.2, 0.25) is 0 Å². The van der Waals surface area contributed by atoms with Crippen molar-refractivity contribution in [2.75, 3.05) is 26.2 Å². The summed E-state index contributed by atoms with van der Waals surface area (Å²) in [5, 5.41) is 0. The Kier molecular flexibility index (Phi) is 2.91. The third kappa shape index (κ3) is 2.00. The molecule has 0 aromatic heterocycles. The lowest BCUT2D eigenvalue weighted by Crippen LogP contribution is -2.51. The number of nitrogens with zero attached hydrogens (tertiary/aromatic N) is 1. The maximum atomic E-state index is 11.1. The summed E-state index contributed by atoms with van der Waals surface area (Å²) in [4.78, 5) is 13.5. The topological polar surface area (TPSA) is 38.8 Å². The van der Waals surface area contributed by atoms with Crippen LogP contribution in [0.2, 0.25) is 0 Å². The highest BCUT2D eigenvalue weighted by Crippen LogP contribution is 2.29. The molecule has 0 unspecified atom stereocenters. The summed E-state index contributed by atoms with van der Waals surface area (Å²) in [5.41, 5.74) is 0. The fourth-order valence-corrected chi connectivity index (χ4v) is 2.32. The van der Waals surface area contributed by atoms with Crippen LogP contribution in [-0.2, 0) is 9.47 Å². The van der Waals surface area contributed by atoms with E-state index >= 15 is 0 Å². The van der Waals surface area contributed by atoms with Gasteiger partial charge >= 0.3 is 6.16 Å². The molecule has 0 spiro atoms. The molecule has 1 atom stereocenters. The number of rotatable bonds is 2. The third-order valence-electron chi connectivity index (χ3n) is 3.11. The average Bonchev–Trinajstić information content (AvgIpc) is 2.19. The molecule has 0 saturated carbocycles. The van der Waals surface area contributed by atoms with E-state index in [1.807, 2.05) is 0 Å². The molecular formula is C10H17NO3. The van der Waals surface area contributed by atoms with Crippen LogP contribution in [0.25, 0.3) is 0 Å². The van der Waals surface area contributed by atoms with Gasteiger partial charge in [-0.2, -0.15) is 0 Å². The molecular weight excluding hydrogens is 182 g/mol. The molecule has 0 aliphatic carbocycles. The molecule has 80 valence electrons. The smallest absolute Gasteiger partial charge is 0.435 e. The zero-order chi connectivity index (χ0) is 9.97. The van der Waals surface area contributed by atoms with Crippen LogP contribution in [0.15, 0.2) is 0 Å². The fraction of sp³-hybridized carbons (Fsp3) is 0.900. The van der Waals surface area contributed by atoms with E-state index in [-0.39, 0.29) is 6.10 Å². The highest BCUT2D eigenvalue weighted by Gasteiger charge is 2.36. The van der Waals surface area contributed by atoms with E-state index in [0.717, 1.165) is 32.5 Å². The Labute approximate surface area is 84.2 Å². The maximum absolute atomic E-state index is 11.1. The highest BCUT2D eigenvalue weighted by molar-refractivity contribution is 5.60. The second kappa shape index (κ2) is 4.17. The van der Waals surface area contributed by atoms with Crippen molar-refractivity contribution in [1.29, 1.82) is 0 Å². The summed E-state index contributed by atoms with van der Waals surface area (Å²) < 4.78 is 10.0. The second-order valence-corrected chi connectivity index (χ2v) is 3.98. The van der Waals surface area contributed by atoms with Crippen molar-refractivity contribution in [2.24, 2.45) is 5.92 Å². The summed E-state index contributed by atoms with van der Waals surface area (Å²) in [6.07, 6.45) is 1.87. The minimum Gasteiger partial charge on any atom is -0.435 e. The van der Waals surface area contributed by atoms with Crippen molar-refractivity contribution in [3.05, 3.63) is 0 Å². The van der Waals surface area contributed by atoms with Gasteiger partial charge in [-0.25, -0.2) is 4.79 Å². The Morgan fingerprint density at radius 2 is 2.14 bits per heavy atom. The van der Waals surface area contributed by atoms with Gasteiger partial charge in [0.15, 0.2) is 0 Å². The molecule has 0 amide bonds. The van der Waals surface area contributed by atoms with Gasteiger partial charge in [-0.05, 0) is 38.8 Å². The number of hydrogen-bond donors (Lipinski definition) is 0. The first kappa shape index (κ1) is 9.77. The lowest BCUT2D eigenvalue weighted by molar-refractivity contribution is -0.0572. The van der Waals surface area contributed by atoms with E-state index in [2.05, 4.69) is 4.90 Å². The predicted octanol–water partition coefficient (Wildman–Crippen LogP) is 1.25. The van der Waals surface area contributed by atoms with Crippen molar-refractivity contribution < 1.29 is 14.3 Å². The molecule has 2 bridgehead atoms. The molecule has 14 heavy (non-hydrogen) atoms. The van der Waals surface area contributed by atoms with Crippen LogP contribution >= 0.6 is 0 Å². The van der Waals surface area contributed by atoms with Crippen LogP contribution in [0.4, 0.5) is 4.79 Å². The number of ether oxygens (including phenoxy) is 2. The van der Waals surface area contributed by atoms with Crippen LogP contribution < -0.4 is 0 Å². The number of hydrogen-bond acceptors (Lipinski definition) is 4.